The molecule has 1 atom stereocenters. The normalized spacial score (nSPS) is 14.2. The number of nitrogens with zero attached hydrogens (tertiary/aromatic N) is 4. The van der Waals surface area contributed by atoms with E-state index in [1.165, 1.54) is 0 Å². The van der Waals surface area contributed by atoms with E-state index in [0.29, 0.717) is 31.1 Å². The van der Waals surface area contributed by atoms with Gasteiger partial charge in [-0.05, 0) is 23.8 Å². The Balaban J connectivity index is 1.25. The maximum Gasteiger partial charge on any atom is 0.310 e. The van der Waals surface area contributed by atoms with Crippen LogP contribution in [0.5, 0.6) is 0 Å². The SMILES string of the molecule is O=C(CC(NC(=O)c1cccnc1-n1ccc(-c2ccccc2)n1)c1ccccc1)C(=O)NOCCN1CCOCC1. The van der Waals surface area contributed by atoms with Crippen molar-refractivity contribution in [2.45, 2.75) is 12.5 Å². The van der Waals surface area contributed by atoms with Crippen LogP contribution in [0.25, 0.3) is 17.1 Å². The van der Waals surface area contributed by atoms with E-state index in [0.717, 1.165) is 24.3 Å². The molecule has 2 aromatic heterocycles. The van der Waals surface area contributed by atoms with Crippen molar-refractivity contribution >= 4 is 17.6 Å². The summed E-state index contributed by atoms with van der Waals surface area (Å²) in [5.41, 5.74) is 4.84. The Bertz CT molecular complexity index is 1490. The molecular formula is C31H32N6O5. The first-order valence-electron chi connectivity index (χ1n) is 13.8. The van der Waals surface area contributed by atoms with Gasteiger partial charge in [0.1, 0.15) is 0 Å². The maximum absolute atomic E-state index is 13.6. The lowest BCUT2D eigenvalue weighted by Crippen LogP contribution is -2.40. The predicted octanol–water partition coefficient (Wildman–Crippen LogP) is 2.74. The standard InChI is InChI=1S/C31H32N6O5/c38-28(31(40)35-42-21-18-36-16-19-41-20-17-36)22-27(24-10-5-2-6-11-24)33-30(39)25-12-7-14-32-29(25)37-15-13-26(34-37)23-8-3-1-4-9-23/h1-15,27H,16-22H2,(H,33,39)(H,35,40). The molecule has 42 heavy (non-hydrogen) atoms. The average Bonchev–Trinajstić information content (AvgIpc) is 3.54. The number of rotatable bonds is 12. The Labute approximate surface area is 243 Å². The number of hydrogen-bond acceptors (Lipinski definition) is 8. The highest BCUT2D eigenvalue weighted by molar-refractivity contribution is 6.36. The van der Waals surface area contributed by atoms with Crippen LogP contribution in [0, 0.1) is 0 Å². The lowest BCUT2D eigenvalue weighted by atomic mass is 10.0. The van der Waals surface area contributed by atoms with Crippen molar-refractivity contribution in [2.24, 2.45) is 0 Å². The van der Waals surface area contributed by atoms with Gasteiger partial charge in [-0.2, -0.15) is 5.10 Å². The Kier molecular flexibility index (Phi) is 9.78. The molecule has 0 aliphatic carbocycles. The number of morpholine rings is 1. The molecule has 216 valence electrons. The van der Waals surface area contributed by atoms with Crippen LogP contribution in [0.15, 0.2) is 91.3 Å². The van der Waals surface area contributed by atoms with Gasteiger partial charge < -0.3 is 10.1 Å². The van der Waals surface area contributed by atoms with E-state index < -0.39 is 23.6 Å². The molecule has 0 spiro atoms. The fraction of sp³-hybridized carbons (Fsp3) is 0.258. The first-order valence-corrected chi connectivity index (χ1v) is 13.8. The van der Waals surface area contributed by atoms with E-state index in [4.69, 9.17) is 9.57 Å². The van der Waals surface area contributed by atoms with Crippen molar-refractivity contribution in [3.63, 3.8) is 0 Å². The molecule has 2 aromatic carbocycles. The Hall–Kier alpha value is -4.71. The largest absolute Gasteiger partial charge is 0.379 e. The molecule has 1 unspecified atom stereocenters. The molecule has 0 saturated carbocycles. The summed E-state index contributed by atoms with van der Waals surface area (Å²) in [6.07, 6.45) is 3.06. The van der Waals surface area contributed by atoms with Crippen molar-refractivity contribution in [3.8, 4) is 17.1 Å². The topological polar surface area (TPSA) is 128 Å². The summed E-state index contributed by atoms with van der Waals surface area (Å²) in [4.78, 5) is 50.8. The first kappa shape index (κ1) is 28.8. The molecule has 1 aliphatic rings. The molecule has 4 aromatic rings. The number of aromatic nitrogens is 3. The highest BCUT2D eigenvalue weighted by Crippen LogP contribution is 2.21. The number of carbonyl (C=O) groups excluding carboxylic acids is 3. The molecule has 11 heteroatoms. The number of pyridine rings is 1. The van der Waals surface area contributed by atoms with Gasteiger partial charge in [-0.15, -0.1) is 0 Å². The Morgan fingerprint density at radius 1 is 0.929 bits per heavy atom. The minimum Gasteiger partial charge on any atom is -0.379 e. The third kappa shape index (κ3) is 7.52. The van der Waals surface area contributed by atoms with E-state index in [1.807, 2.05) is 42.5 Å². The molecule has 11 nitrogen and oxygen atoms in total. The third-order valence-electron chi connectivity index (χ3n) is 6.84. The van der Waals surface area contributed by atoms with Crippen molar-refractivity contribution in [2.75, 3.05) is 39.5 Å². The van der Waals surface area contributed by atoms with Crippen LogP contribution in [-0.2, 0) is 19.2 Å². The van der Waals surface area contributed by atoms with Crippen LogP contribution in [-0.4, -0.2) is 76.7 Å². The summed E-state index contributed by atoms with van der Waals surface area (Å²) in [7, 11) is 0. The van der Waals surface area contributed by atoms with Gasteiger partial charge in [0, 0.05) is 44.0 Å². The van der Waals surface area contributed by atoms with Crippen LogP contribution < -0.4 is 10.8 Å². The summed E-state index contributed by atoms with van der Waals surface area (Å²) in [6, 6.07) is 23.1. The van der Waals surface area contributed by atoms with Crippen molar-refractivity contribution in [1.29, 1.82) is 0 Å². The number of benzene rings is 2. The minimum atomic E-state index is -0.876. The zero-order valence-corrected chi connectivity index (χ0v) is 23.0. The number of nitrogens with one attached hydrogen (secondary N) is 2. The van der Waals surface area contributed by atoms with Gasteiger partial charge in [-0.3, -0.25) is 24.1 Å². The lowest BCUT2D eigenvalue weighted by Gasteiger charge is -2.26. The van der Waals surface area contributed by atoms with Gasteiger partial charge in [-0.1, -0.05) is 60.7 Å². The predicted molar refractivity (Wildman–Crippen MR) is 154 cm³/mol. The molecule has 1 fully saturated rings. The zero-order chi connectivity index (χ0) is 29.1. The van der Waals surface area contributed by atoms with Crippen molar-refractivity contribution in [1.82, 2.24) is 30.5 Å². The molecule has 3 heterocycles. The fourth-order valence-corrected chi connectivity index (χ4v) is 4.59. The summed E-state index contributed by atoms with van der Waals surface area (Å²) < 4.78 is 6.86. The van der Waals surface area contributed by atoms with Gasteiger partial charge in [0.2, 0.25) is 5.78 Å². The minimum absolute atomic E-state index is 0.237. The van der Waals surface area contributed by atoms with Crippen molar-refractivity contribution < 1.29 is 24.0 Å². The van der Waals surface area contributed by atoms with E-state index in [-0.39, 0.29) is 18.6 Å². The first-order chi connectivity index (χ1) is 20.6. The second-order valence-corrected chi connectivity index (χ2v) is 9.68. The highest BCUT2D eigenvalue weighted by atomic mass is 16.7. The molecule has 1 aliphatic heterocycles. The van der Waals surface area contributed by atoms with E-state index in [1.54, 1.807) is 53.5 Å². The molecule has 1 saturated heterocycles. The second kappa shape index (κ2) is 14.3. The van der Waals surface area contributed by atoms with Gasteiger partial charge >= 0.3 is 5.91 Å². The maximum atomic E-state index is 13.6. The average molecular weight is 569 g/mol. The van der Waals surface area contributed by atoms with E-state index in [2.05, 4.69) is 25.8 Å². The fourth-order valence-electron chi connectivity index (χ4n) is 4.59. The number of hydroxylamine groups is 1. The molecule has 0 radical (unpaired) electrons. The van der Waals surface area contributed by atoms with Crippen LogP contribution >= 0.6 is 0 Å². The molecular weight excluding hydrogens is 536 g/mol. The number of ether oxygens (including phenoxy) is 1. The quantitative estimate of drug-likeness (QED) is 0.152. The molecule has 2 amide bonds. The zero-order valence-electron chi connectivity index (χ0n) is 23.0. The molecule has 5 rings (SSSR count). The monoisotopic (exact) mass is 568 g/mol. The molecule has 0 bridgehead atoms. The van der Waals surface area contributed by atoms with Crippen LogP contribution in [0.1, 0.15) is 28.4 Å². The number of Topliss-reactive ketones (excluding diaryl/α,β-unsaturated/α-hetero) is 1. The van der Waals surface area contributed by atoms with Gasteiger partial charge in [-0.25, -0.2) is 15.1 Å². The second-order valence-electron chi connectivity index (χ2n) is 9.68. The Morgan fingerprint density at radius 3 is 2.43 bits per heavy atom. The van der Waals surface area contributed by atoms with Crippen LogP contribution in [0.3, 0.4) is 0 Å². The molecule has 2 N–H and O–H groups in total. The Morgan fingerprint density at radius 2 is 1.67 bits per heavy atom. The summed E-state index contributed by atoms with van der Waals surface area (Å²) in [6.45, 7) is 3.76. The van der Waals surface area contributed by atoms with Gasteiger partial charge in [0.05, 0.1) is 37.1 Å². The number of ketones is 1. The number of hydrogen-bond donors (Lipinski definition) is 2. The van der Waals surface area contributed by atoms with Crippen molar-refractivity contribution in [3.05, 3.63) is 102 Å². The summed E-state index contributed by atoms with van der Waals surface area (Å²) in [5, 5.41) is 7.53. The lowest BCUT2D eigenvalue weighted by molar-refractivity contribution is -0.146. The van der Waals surface area contributed by atoms with Gasteiger partial charge in [0.15, 0.2) is 5.82 Å². The van der Waals surface area contributed by atoms with Crippen LogP contribution in [0.2, 0.25) is 0 Å². The number of amides is 2. The van der Waals surface area contributed by atoms with Gasteiger partial charge in [0.25, 0.3) is 5.91 Å². The number of carbonyl (C=O) groups is 3. The van der Waals surface area contributed by atoms with E-state index in [9.17, 15) is 14.4 Å². The third-order valence-corrected chi connectivity index (χ3v) is 6.84. The van der Waals surface area contributed by atoms with E-state index >= 15 is 0 Å². The van der Waals surface area contributed by atoms with Crippen LogP contribution in [0.4, 0.5) is 0 Å². The summed E-state index contributed by atoms with van der Waals surface area (Å²) >= 11 is 0. The highest BCUT2D eigenvalue weighted by Gasteiger charge is 2.25. The summed E-state index contributed by atoms with van der Waals surface area (Å²) in [5.74, 6) is -1.72. The smallest absolute Gasteiger partial charge is 0.310 e.